The second-order valence-corrected chi connectivity index (χ2v) is 5.97. The summed E-state index contributed by atoms with van der Waals surface area (Å²) in [7, 11) is 0. The quantitative estimate of drug-likeness (QED) is 0.860. The van der Waals surface area contributed by atoms with Gasteiger partial charge in [0, 0.05) is 25.6 Å². The van der Waals surface area contributed by atoms with Gasteiger partial charge in [0.1, 0.15) is 0 Å². The zero-order valence-corrected chi connectivity index (χ0v) is 12.3. The van der Waals surface area contributed by atoms with Crippen LogP contribution in [-0.2, 0) is 4.79 Å². The van der Waals surface area contributed by atoms with E-state index in [1.54, 1.807) is 0 Å². The Bertz CT molecular complexity index is 267. The van der Waals surface area contributed by atoms with Crippen molar-refractivity contribution in [1.82, 2.24) is 4.90 Å². The summed E-state index contributed by atoms with van der Waals surface area (Å²) in [5, 5.41) is 0. The number of carbonyl (C=O) groups is 1. The van der Waals surface area contributed by atoms with E-state index in [2.05, 4.69) is 6.92 Å². The molecule has 2 aliphatic rings. The largest absolute Gasteiger partial charge is 0.341 e. The maximum absolute atomic E-state index is 12.1. The molecule has 0 aromatic heterocycles. The molecule has 0 radical (unpaired) electrons. The van der Waals surface area contributed by atoms with Crippen molar-refractivity contribution < 1.29 is 4.79 Å². The number of hydrogen-bond donors (Lipinski definition) is 1. The number of likely N-dealkylation sites (tertiary alicyclic amines) is 1. The molecule has 3 nitrogen and oxygen atoms in total. The highest BCUT2D eigenvalue weighted by molar-refractivity contribution is 5.85. The number of hydrogen-bond acceptors (Lipinski definition) is 2. The summed E-state index contributed by atoms with van der Waals surface area (Å²) >= 11 is 0. The third-order valence-corrected chi connectivity index (χ3v) is 4.53. The minimum Gasteiger partial charge on any atom is -0.341 e. The summed E-state index contributed by atoms with van der Waals surface area (Å²) in [6.45, 7) is 3.90. The number of halogens is 1. The van der Waals surface area contributed by atoms with Gasteiger partial charge in [-0.25, -0.2) is 0 Å². The van der Waals surface area contributed by atoms with Gasteiger partial charge in [-0.05, 0) is 18.3 Å². The molecule has 1 saturated carbocycles. The Morgan fingerprint density at radius 2 is 1.94 bits per heavy atom. The average molecular weight is 275 g/mol. The Kier molecular flexibility index (Phi) is 6.44. The van der Waals surface area contributed by atoms with Crippen molar-refractivity contribution in [2.45, 2.75) is 57.9 Å². The smallest absolute Gasteiger partial charge is 0.222 e. The first-order valence-corrected chi connectivity index (χ1v) is 7.20. The third kappa shape index (κ3) is 4.13. The molecular weight excluding hydrogens is 248 g/mol. The van der Waals surface area contributed by atoms with Gasteiger partial charge in [-0.15, -0.1) is 12.4 Å². The van der Waals surface area contributed by atoms with Gasteiger partial charge in [-0.2, -0.15) is 0 Å². The number of rotatable bonds is 3. The summed E-state index contributed by atoms with van der Waals surface area (Å²) in [4.78, 5) is 14.1. The van der Waals surface area contributed by atoms with E-state index >= 15 is 0 Å². The Hall–Kier alpha value is -0.280. The number of amides is 1. The summed E-state index contributed by atoms with van der Waals surface area (Å²) < 4.78 is 0. The third-order valence-electron chi connectivity index (χ3n) is 4.53. The van der Waals surface area contributed by atoms with Crippen molar-refractivity contribution in [2.24, 2.45) is 17.6 Å². The van der Waals surface area contributed by atoms with E-state index in [9.17, 15) is 4.79 Å². The van der Waals surface area contributed by atoms with Crippen LogP contribution in [0, 0.1) is 11.8 Å². The summed E-state index contributed by atoms with van der Waals surface area (Å²) in [6.07, 6.45) is 8.47. The van der Waals surface area contributed by atoms with E-state index in [1.807, 2.05) is 4.90 Å². The van der Waals surface area contributed by atoms with Crippen LogP contribution >= 0.6 is 12.4 Å². The van der Waals surface area contributed by atoms with Crippen molar-refractivity contribution >= 4 is 18.3 Å². The normalized spacial score (nSPS) is 26.8. The standard InChI is InChI=1S/C14H26N2O.ClH/c1-11(12-5-3-2-4-6-12)9-14(17)16-8-7-13(15)10-16;/h11-13H,2-10,15H2,1H3;1H/t11?,13-;/m1./s1. The van der Waals surface area contributed by atoms with Crippen molar-refractivity contribution in [3.63, 3.8) is 0 Å². The molecule has 4 heteroatoms. The molecule has 1 amide bonds. The zero-order chi connectivity index (χ0) is 12.3. The highest BCUT2D eigenvalue weighted by Gasteiger charge is 2.27. The van der Waals surface area contributed by atoms with Gasteiger partial charge in [0.15, 0.2) is 0 Å². The fourth-order valence-corrected chi connectivity index (χ4v) is 3.29. The van der Waals surface area contributed by atoms with E-state index in [4.69, 9.17) is 5.73 Å². The van der Waals surface area contributed by atoms with E-state index in [0.29, 0.717) is 11.8 Å². The van der Waals surface area contributed by atoms with Crippen molar-refractivity contribution in [3.8, 4) is 0 Å². The maximum atomic E-state index is 12.1. The molecule has 1 unspecified atom stereocenters. The molecule has 2 atom stereocenters. The lowest BCUT2D eigenvalue weighted by atomic mass is 9.79. The minimum atomic E-state index is 0. The molecule has 2 rings (SSSR count). The predicted molar refractivity (Wildman–Crippen MR) is 76.8 cm³/mol. The van der Waals surface area contributed by atoms with Gasteiger partial charge < -0.3 is 10.6 Å². The molecule has 0 aromatic rings. The molecule has 1 heterocycles. The Labute approximate surface area is 117 Å². The van der Waals surface area contributed by atoms with Crippen molar-refractivity contribution in [2.75, 3.05) is 13.1 Å². The topological polar surface area (TPSA) is 46.3 Å². The lowest BCUT2D eigenvalue weighted by molar-refractivity contribution is -0.131. The molecule has 1 aliphatic carbocycles. The zero-order valence-electron chi connectivity index (χ0n) is 11.4. The van der Waals surface area contributed by atoms with Gasteiger partial charge in [-0.3, -0.25) is 4.79 Å². The Morgan fingerprint density at radius 1 is 1.28 bits per heavy atom. The van der Waals surface area contributed by atoms with Gasteiger partial charge in [0.05, 0.1) is 0 Å². The first-order valence-electron chi connectivity index (χ1n) is 7.20. The molecular formula is C14H27ClN2O. The average Bonchev–Trinajstić information content (AvgIpc) is 2.77. The maximum Gasteiger partial charge on any atom is 0.222 e. The van der Waals surface area contributed by atoms with Crippen LogP contribution in [0.25, 0.3) is 0 Å². The molecule has 0 spiro atoms. The van der Waals surface area contributed by atoms with Crippen molar-refractivity contribution in [3.05, 3.63) is 0 Å². The first kappa shape index (κ1) is 15.8. The lowest BCUT2D eigenvalue weighted by Gasteiger charge is -2.28. The first-order chi connectivity index (χ1) is 8.16. The Morgan fingerprint density at radius 3 is 2.50 bits per heavy atom. The molecule has 2 fully saturated rings. The second kappa shape index (κ2) is 7.34. The van der Waals surface area contributed by atoms with Crippen LogP contribution in [0.4, 0.5) is 0 Å². The SMILES string of the molecule is CC(CC(=O)N1CC[C@@H](N)C1)C1CCCCC1.Cl. The van der Waals surface area contributed by atoms with Crippen molar-refractivity contribution in [1.29, 1.82) is 0 Å². The number of nitrogens with zero attached hydrogens (tertiary/aromatic N) is 1. The highest BCUT2D eigenvalue weighted by atomic mass is 35.5. The minimum absolute atomic E-state index is 0. The van der Waals surface area contributed by atoms with Crippen LogP contribution in [-0.4, -0.2) is 29.9 Å². The molecule has 18 heavy (non-hydrogen) atoms. The number of nitrogens with two attached hydrogens (primary N) is 1. The Balaban J connectivity index is 0.00000162. The van der Waals surface area contributed by atoms with E-state index < -0.39 is 0 Å². The fraction of sp³-hybridized carbons (Fsp3) is 0.929. The molecule has 0 aromatic carbocycles. The summed E-state index contributed by atoms with van der Waals surface area (Å²) in [6, 6.07) is 0.212. The van der Waals surface area contributed by atoms with Gasteiger partial charge >= 0.3 is 0 Å². The fourth-order valence-electron chi connectivity index (χ4n) is 3.29. The van der Waals surface area contributed by atoms with Crippen LogP contribution in [0.15, 0.2) is 0 Å². The second-order valence-electron chi connectivity index (χ2n) is 5.97. The molecule has 0 bridgehead atoms. The van der Waals surface area contributed by atoms with E-state index in [0.717, 1.165) is 31.8 Å². The van der Waals surface area contributed by atoms with Crippen LogP contribution in [0.1, 0.15) is 51.9 Å². The predicted octanol–water partition coefficient (Wildman–Crippen LogP) is 2.57. The molecule has 1 aliphatic heterocycles. The van der Waals surface area contributed by atoms with Crippen LogP contribution in [0.5, 0.6) is 0 Å². The van der Waals surface area contributed by atoms with E-state index in [-0.39, 0.29) is 18.4 Å². The van der Waals surface area contributed by atoms with Gasteiger partial charge in [-0.1, -0.05) is 39.0 Å². The van der Waals surface area contributed by atoms with E-state index in [1.165, 1.54) is 32.1 Å². The highest BCUT2D eigenvalue weighted by Crippen LogP contribution is 2.31. The molecule has 2 N–H and O–H groups in total. The molecule has 106 valence electrons. The molecule has 1 saturated heterocycles. The lowest BCUT2D eigenvalue weighted by Crippen LogP contribution is -2.33. The monoisotopic (exact) mass is 274 g/mol. The number of carbonyl (C=O) groups excluding carboxylic acids is 1. The van der Waals surface area contributed by atoms with Gasteiger partial charge in [0.2, 0.25) is 5.91 Å². The van der Waals surface area contributed by atoms with Crippen LogP contribution in [0.3, 0.4) is 0 Å². The summed E-state index contributed by atoms with van der Waals surface area (Å²) in [5.74, 6) is 1.67. The summed E-state index contributed by atoms with van der Waals surface area (Å²) in [5.41, 5.74) is 5.84. The van der Waals surface area contributed by atoms with Crippen LogP contribution in [0.2, 0.25) is 0 Å². The van der Waals surface area contributed by atoms with Crippen LogP contribution < -0.4 is 5.73 Å². The van der Waals surface area contributed by atoms with Gasteiger partial charge in [0.25, 0.3) is 0 Å².